The number of hydrogen-bond donors (Lipinski definition) is 2. The van der Waals surface area contributed by atoms with E-state index in [2.05, 4.69) is 31.4 Å². The highest BCUT2D eigenvalue weighted by molar-refractivity contribution is 5.96. The number of amides is 2. The van der Waals surface area contributed by atoms with Gasteiger partial charge in [0.05, 0.1) is 6.54 Å². The van der Waals surface area contributed by atoms with Crippen molar-refractivity contribution in [1.29, 1.82) is 0 Å². The van der Waals surface area contributed by atoms with Crippen LogP contribution < -0.4 is 10.6 Å². The average molecular weight is 354 g/mol. The van der Waals surface area contributed by atoms with E-state index in [1.54, 1.807) is 12.1 Å². The summed E-state index contributed by atoms with van der Waals surface area (Å²) in [6.45, 7) is 10.8. The van der Waals surface area contributed by atoms with Gasteiger partial charge in [-0.05, 0) is 28.7 Å². The molecule has 140 valence electrons. The molecular formula is C22H30N2O2. The Morgan fingerprint density at radius 2 is 1.42 bits per heavy atom. The summed E-state index contributed by atoms with van der Waals surface area (Å²) in [6, 6.07) is 17.1. The molecule has 0 aliphatic rings. The van der Waals surface area contributed by atoms with Crippen LogP contribution in [0.2, 0.25) is 0 Å². The molecule has 4 nitrogen and oxygen atoms in total. The van der Waals surface area contributed by atoms with Crippen molar-refractivity contribution < 1.29 is 9.59 Å². The smallest absolute Gasteiger partial charge is 0.251 e. The van der Waals surface area contributed by atoms with E-state index in [1.165, 1.54) is 5.56 Å². The third kappa shape index (κ3) is 7.09. The molecule has 4 heteroatoms. The lowest BCUT2D eigenvalue weighted by atomic mass is 9.87. The van der Waals surface area contributed by atoms with Crippen molar-refractivity contribution in [3.8, 4) is 0 Å². The van der Waals surface area contributed by atoms with Gasteiger partial charge in [-0.3, -0.25) is 9.59 Å². The number of hydrogen-bond acceptors (Lipinski definition) is 2. The zero-order valence-corrected chi connectivity index (χ0v) is 16.4. The van der Waals surface area contributed by atoms with Crippen molar-refractivity contribution in [1.82, 2.24) is 10.6 Å². The molecule has 0 heterocycles. The van der Waals surface area contributed by atoms with Gasteiger partial charge in [0.2, 0.25) is 5.91 Å². The maximum absolute atomic E-state index is 12.1. The lowest BCUT2D eigenvalue weighted by Crippen LogP contribution is -2.36. The molecule has 0 spiro atoms. The fourth-order valence-corrected chi connectivity index (χ4v) is 2.24. The van der Waals surface area contributed by atoms with Gasteiger partial charge in [-0.2, -0.15) is 0 Å². The molecule has 0 aromatic heterocycles. The summed E-state index contributed by atoms with van der Waals surface area (Å²) < 4.78 is 0. The molecule has 2 rings (SSSR count). The van der Waals surface area contributed by atoms with Gasteiger partial charge in [-0.15, -0.1) is 0 Å². The lowest BCUT2D eigenvalue weighted by Gasteiger charge is -2.19. The van der Waals surface area contributed by atoms with Crippen LogP contribution in [0.15, 0.2) is 54.6 Å². The first-order valence-electron chi connectivity index (χ1n) is 9.05. The molecule has 26 heavy (non-hydrogen) atoms. The SMILES string of the molecule is CC.CC(C)(C)c1ccc(C(=O)NCC(=O)NCc2ccccc2)cc1. The molecule has 0 saturated heterocycles. The first-order chi connectivity index (χ1) is 12.4. The highest BCUT2D eigenvalue weighted by atomic mass is 16.2. The van der Waals surface area contributed by atoms with Gasteiger partial charge in [-0.1, -0.05) is 77.1 Å². The molecular weight excluding hydrogens is 324 g/mol. The highest BCUT2D eigenvalue weighted by Crippen LogP contribution is 2.22. The second-order valence-corrected chi connectivity index (χ2v) is 6.77. The van der Waals surface area contributed by atoms with Crippen LogP contribution in [0.25, 0.3) is 0 Å². The Morgan fingerprint density at radius 3 is 1.96 bits per heavy atom. The minimum atomic E-state index is -0.245. The Hall–Kier alpha value is -2.62. The molecule has 2 N–H and O–H groups in total. The first kappa shape index (κ1) is 21.4. The highest BCUT2D eigenvalue weighted by Gasteiger charge is 2.14. The van der Waals surface area contributed by atoms with Crippen LogP contribution in [0.5, 0.6) is 0 Å². The predicted molar refractivity (Wildman–Crippen MR) is 107 cm³/mol. The molecule has 2 aromatic carbocycles. The number of benzene rings is 2. The monoisotopic (exact) mass is 354 g/mol. The van der Waals surface area contributed by atoms with Gasteiger partial charge in [0.25, 0.3) is 5.91 Å². The van der Waals surface area contributed by atoms with Crippen LogP contribution in [0.3, 0.4) is 0 Å². The molecule has 0 aliphatic carbocycles. The largest absolute Gasteiger partial charge is 0.350 e. The van der Waals surface area contributed by atoms with E-state index < -0.39 is 0 Å². The van der Waals surface area contributed by atoms with Crippen LogP contribution >= 0.6 is 0 Å². The Balaban J connectivity index is 0.00000163. The summed E-state index contributed by atoms with van der Waals surface area (Å²) in [6.07, 6.45) is 0. The topological polar surface area (TPSA) is 58.2 Å². The van der Waals surface area contributed by atoms with Crippen molar-refractivity contribution in [2.45, 2.75) is 46.6 Å². The maximum Gasteiger partial charge on any atom is 0.251 e. The van der Waals surface area contributed by atoms with Gasteiger partial charge in [-0.25, -0.2) is 0 Å². The van der Waals surface area contributed by atoms with E-state index in [4.69, 9.17) is 0 Å². The van der Waals surface area contributed by atoms with Gasteiger partial charge in [0.15, 0.2) is 0 Å². The molecule has 0 unspecified atom stereocenters. The van der Waals surface area contributed by atoms with E-state index in [-0.39, 0.29) is 23.8 Å². The molecule has 0 atom stereocenters. The number of rotatable bonds is 5. The van der Waals surface area contributed by atoms with E-state index in [0.717, 1.165) is 5.56 Å². The summed E-state index contributed by atoms with van der Waals surface area (Å²) in [4.78, 5) is 23.9. The summed E-state index contributed by atoms with van der Waals surface area (Å²) in [5.41, 5.74) is 2.79. The van der Waals surface area contributed by atoms with Crippen molar-refractivity contribution in [2.75, 3.05) is 6.54 Å². The minimum absolute atomic E-state index is 0.0350. The van der Waals surface area contributed by atoms with Gasteiger partial charge >= 0.3 is 0 Å². The predicted octanol–water partition coefficient (Wildman–Crippen LogP) is 4.06. The van der Waals surface area contributed by atoms with Crippen LogP contribution in [0.4, 0.5) is 0 Å². The van der Waals surface area contributed by atoms with Crippen molar-refractivity contribution in [3.05, 3.63) is 71.3 Å². The second kappa shape index (κ2) is 10.4. The Kier molecular flexibility index (Phi) is 8.56. The fraction of sp³-hybridized carbons (Fsp3) is 0.364. The molecule has 2 amide bonds. The fourth-order valence-electron chi connectivity index (χ4n) is 2.24. The van der Waals surface area contributed by atoms with Gasteiger partial charge in [0.1, 0.15) is 0 Å². The number of carbonyl (C=O) groups excluding carboxylic acids is 2. The zero-order valence-electron chi connectivity index (χ0n) is 16.4. The number of carbonyl (C=O) groups is 2. The molecule has 0 bridgehead atoms. The molecule has 0 radical (unpaired) electrons. The van der Waals surface area contributed by atoms with Crippen molar-refractivity contribution >= 4 is 11.8 Å². The maximum atomic E-state index is 12.1. The molecule has 2 aromatic rings. The lowest BCUT2D eigenvalue weighted by molar-refractivity contribution is -0.120. The minimum Gasteiger partial charge on any atom is -0.350 e. The zero-order chi connectivity index (χ0) is 19.6. The van der Waals surface area contributed by atoms with Crippen LogP contribution in [0, 0.1) is 0 Å². The molecule has 0 saturated carbocycles. The van der Waals surface area contributed by atoms with Crippen molar-refractivity contribution in [3.63, 3.8) is 0 Å². The summed E-state index contributed by atoms with van der Waals surface area (Å²) in [7, 11) is 0. The van der Waals surface area contributed by atoms with E-state index in [9.17, 15) is 9.59 Å². The van der Waals surface area contributed by atoms with Gasteiger partial charge < -0.3 is 10.6 Å². The van der Waals surface area contributed by atoms with E-state index in [0.29, 0.717) is 12.1 Å². The molecule has 0 aliphatic heterocycles. The normalized spacial score (nSPS) is 10.3. The van der Waals surface area contributed by atoms with Crippen LogP contribution in [-0.4, -0.2) is 18.4 Å². The third-order valence-electron chi connectivity index (χ3n) is 3.76. The molecule has 0 fully saturated rings. The quantitative estimate of drug-likeness (QED) is 0.851. The second-order valence-electron chi connectivity index (χ2n) is 6.77. The van der Waals surface area contributed by atoms with Gasteiger partial charge in [0, 0.05) is 12.1 Å². The number of nitrogens with one attached hydrogen (secondary N) is 2. The van der Waals surface area contributed by atoms with Crippen LogP contribution in [-0.2, 0) is 16.8 Å². The first-order valence-corrected chi connectivity index (χ1v) is 9.05. The van der Waals surface area contributed by atoms with Crippen LogP contribution in [0.1, 0.15) is 56.1 Å². The summed E-state index contributed by atoms with van der Waals surface area (Å²) in [5.74, 6) is -0.455. The third-order valence-corrected chi connectivity index (χ3v) is 3.76. The Bertz CT molecular complexity index is 686. The summed E-state index contributed by atoms with van der Waals surface area (Å²) >= 11 is 0. The Labute approximate surface area is 157 Å². The standard InChI is InChI=1S/C20H24N2O2.C2H6/c1-20(2,3)17-11-9-16(10-12-17)19(24)22-14-18(23)21-13-15-7-5-4-6-8-15;1-2/h4-12H,13-14H2,1-3H3,(H,21,23)(H,22,24);1-2H3. The van der Waals surface area contributed by atoms with E-state index in [1.807, 2.05) is 56.3 Å². The van der Waals surface area contributed by atoms with E-state index >= 15 is 0 Å². The average Bonchev–Trinajstić information content (AvgIpc) is 2.66. The summed E-state index contributed by atoms with van der Waals surface area (Å²) in [5, 5.41) is 5.42. The Morgan fingerprint density at radius 1 is 0.846 bits per heavy atom. The van der Waals surface area contributed by atoms with Crippen molar-refractivity contribution in [2.24, 2.45) is 0 Å².